The fraction of sp³-hybridized carbons (Fsp3) is 0.200. The first kappa shape index (κ1) is 11.9. The maximum atomic E-state index is 11.4. The molecular weight excluding hydrogens is 264 g/mol. The lowest BCUT2D eigenvalue weighted by Crippen LogP contribution is -2.35. The van der Waals surface area contributed by atoms with Crippen molar-refractivity contribution in [1.29, 1.82) is 0 Å². The second kappa shape index (κ2) is 4.55. The summed E-state index contributed by atoms with van der Waals surface area (Å²) in [5.74, 6) is -1.48. The lowest BCUT2D eigenvalue weighted by molar-refractivity contribution is -0.150. The summed E-state index contributed by atoms with van der Waals surface area (Å²) in [4.78, 5) is 22.3. The van der Waals surface area contributed by atoms with E-state index in [0.29, 0.717) is 0 Å². The summed E-state index contributed by atoms with van der Waals surface area (Å²) in [5, 5.41) is 9.35. The number of hydrogen-bond donors (Lipinski definition) is 1. The Morgan fingerprint density at radius 2 is 1.87 bits per heavy atom. The highest BCUT2D eigenvalue weighted by atomic mass is 79.9. The third-order valence-corrected chi connectivity index (χ3v) is 2.39. The first-order chi connectivity index (χ1) is 6.93. The van der Waals surface area contributed by atoms with E-state index in [9.17, 15) is 14.7 Å². The summed E-state index contributed by atoms with van der Waals surface area (Å²) in [6.07, 6.45) is 0. The number of halogens is 1. The molecule has 1 rings (SSSR count). The van der Waals surface area contributed by atoms with Gasteiger partial charge < -0.3 is 9.84 Å². The van der Waals surface area contributed by atoms with Crippen molar-refractivity contribution in [2.45, 2.75) is 11.6 Å². The molecule has 5 heteroatoms. The molecule has 0 bridgehead atoms. The number of hydrogen-bond acceptors (Lipinski definition) is 4. The molecule has 0 aliphatic rings. The Labute approximate surface area is 95.0 Å². The first-order valence-electron chi connectivity index (χ1n) is 4.14. The number of aliphatic hydroxyl groups is 1. The van der Waals surface area contributed by atoms with Crippen LogP contribution >= 0.6 is 15.9 Å². The largest absolute Gasteiger partial charge is 0.412 e. The van der Waals surface area contributed by atoms with E-state index in [0.717, 1.165) is 6.92 Å². The monoisotopic (exact) mass is 272 g/mol. The molecule has 0 spiro atoms. The van der Waals surface area contributed by atoms with E-state index in [1.54, 1.807) is 18.2 Å². The Kier molecular flexibility index (Phi) is 3.60. The fourth-order valence-electron chi connectivity index (χ4n) is 0.828. The molecule has 1 aromatic rings. The van der Waals surface area contributed by atoms with Gasteiger partial charge in [0.05, 0.1) is 5.56 Å². The summed E-state index contributed by atoms with van der Waals surface area (Å²) >= 11 is 2.61. The van der Waals surface area contributed by atoms with E-state index in [1.165, 1.54) is 12.1 Å². The van der Waals surface area contributed by atoms with E-state index in [2.05, 4.69) is 20.7 Å². The van der Waals surface area contributed by atoms with E-state index in [1.807, 2.05) is 0 Å². The lowest BCUT2D eigenvalue weighted by Gasteiger charge is -2.17. The van der Waals surface area contributed by atoms with Crippen molar-refractivity contribution in [2.75, 3.05) is 0 Å². The van der Waals surface area contributed by atoms with E-state index < -0.39 is 16.4 Å². The Morgan fingerprint density at radius 3 is 2.33 bits per heavy atom. The molecule has 80 valence electrons. The van der Waals surface area contributed by atoms with Crippen LogP contribution < -0.4 is 0 Å². The van der Waals surface area contributed by atoms with Crippen LogP contribution in [-0.2, 0) is 9.53 Å². The van der Waals surface area contributed by atoms with Crippen molar-refractivity contribution in [3.05, 3.63) is 35.9 Å². The van der Waals surface area contributed by atoms with Gasteiger partial charge in [0.25, 0.3) is 0 Å². The van der Waals surface area contributed by atoms with Crippen LogP contribution in [-0.4, -0.2) is 21.6 Å². The highest BCUT2D eigenvalue weighted by Crippen LogP contribution is 2.19. The molecule has 1 unspecified atom stereocenters. The van der Waals surface area contributed by atoms with Crippen LogP contribution in [0.3, 0.4) is 0 Å². The van der Waals surface area contributed by atoms with Gasteiger partial charge in [-0.3, -0.25) is 4.79 Å². The van der Waals surface area contributed by atoms with Crippen molar-refractivity contribution < 1.29 is 19.4 Å². The summed E-state index contributed by atoms with van der Waals surface area (Å²) in [6, 6.07) is 8.08. The third-order valence-electron chi connectivity index (χ3n) is 1.67. The Morgan fingerprint density at radius 1 is 1.33 bits per heavy atom. The number of Topliss-reactive ketones (excluding diaryl/α,β-unsaturated/α-hetero) is 1. The van der Waals surface area contributed by atoms with Gasteiger partial charge in [-0.15, -0.1) is 0 Å². The minimum atomic E-state index is -2.25. The second-order valence-electron chi connectivity index (χ2n) is 2.87. The summed E-state index contributed by atoms with van der Waals surface area (Å²) in [6.45, 7) is 1.10. The van der Waals surface area contributed by atoms with Gasteiger partial charge in [0.15, 0.2) is 0 Å². The zero-order chi connectivity index (χ0) is 11.5. The first-order valence-corrected chi connectivity index (χ1v) is 4.93. The molecule has 0 radical (unpaired) electrons. The predicted octanol–water partition coefficient (Wildman–Crippen LogP) is 1.47. The molecule has 0 aromatic heterocycles. The minimum absolute atomic E-state index is 0.261. The smallest absolute Gasteiger partial charge is 0.341 e. The third kappa shape index (κ3) is 3.14. The number of alkyl halides is 1. The number of rotatable bonds is 3. The van der Waals surface area contributed by atoms with Gasteiger partial charge in [0.1, 0.15) is 0 Å². The second-order valence-corrected chi connectivity index (χ2v) is 3.95. The van der Waals surface area contributed by atoms with Gasteiger partial charge >= 0.3 is 10.7 Å². The van der Waals surface area contributed by atoms with Gasteiger partial charge in [-0.2, -0.15) is 0 Å². The lowest BCUT2D eigenvalue weighted by atomic mass is 10.2. The molecule has 1 atom stereocenters. The van der Waals surface area contributed by atoms with Crippen molar-refractivity contribution in [3.8, 4) is 0 Å². The van der Waals surface area contributed by atoms with Crippen LogP contribution in [0.5, 0.6) is 0 Å². The molecule has 0 heterocycles. The van der Waals surface area contributed by atoms with Crippen molar-refractivity contribution >= 4 is 27.7 Å². The minimum Gasteiger partial charge on any atom is -0.412 e. The average molecular weight is 273 g/mol. The maximum Gasteiger partial charge on any atom is 0.341 e. The topological polar surface area (TPSA) is 63.6 Å². The molecular formula is C10H9BrO4. The number of esters is 1. The van der Waals surface area contributed by atoms with Gasteiger partial charge in [0, 0.05) is 22.9 Å². The quantitative estimate of drug-likeness (QED) is 0.514. The number of ketones is 1. The summed E-state index contributed by atoms with van der Waals surface area (Å²) < 4.78 is 2.32. The zero-order valence-corrected chi connectivity index (χ0v) is 9.52. The molecule has 0 fully saturated rings. The summed E-state index contributed by atoms with van der Waals surface area (Å²) in [7, 11) is 0. The van der Waals surface area contributed by atoms with Crippen LogP contribution in [0, 0.1) is 0 Å². The highest BCUT2D eigenvalue weighted by molar-refractivity contribution is 9.10. The molecule has 1 N–H and O–H groups in total. The molecule has 4 nitrogen and oxygen atoms in total. The molecule has 0 amide bonds. The Bertz CT molecular complexity index is 372. The predicted molar refractivity (Wildman–Crippen MR) is 56.4 cm³/mol. The highest BCUT2D eigenvalue weighted by Gasteiger charge is 2.34. The van der Waals surface area contributed by atoms with E-state index in [4.69, 9.17) is 0 Å². The van der Waals surface area contributed by atoms with E-state index in [-0.39, 0.29) is 5.56 Å². The molecule has 1 aromatic carbocycles. The number of carbonyl (C=O) groups excluding carboxylic acids is 2. The summed E-state index contributed by atoms with van der Waals surface area (Å²) in [5.41, 5.74) is 0.261. The average Bonchev–Trinajstić information content (AvgIpc) is 2.18. The van der Waals surface area contributed by atoms with Crippen LogP contribution in [0.25, 0.3) is 0 Å². The standard InChI is InChI=1S/C10H9BrO4/c1-7(12)10(11,14)15-9(13)8-5-3-2-4-6-8/h2-6,14H,1H3. The van der Waals surface area contributed by atoms with Crippen LogP contribution in [0.1, 0.15) is 17.3 Å². The molecule has 0 aliphatic heterocycles. The van der Waals surface area contributed by atoms with Crippen molar-refractivity contribution in [1.82, 2.24) is 0 Å². The maximum absolute atomic E-state index is 11.4. The molecule has 0 aliphatic carbocycles. The van der Waals surface area contributed by atoms with Crippen molar-refractivity contribution in [3.63, 3.8) is 0 Å². The normalized spacial score (nSPS) is 14.1. The Balaban J connectivity index is 2.77. The van der Waals surface area contributed by atoms with Crippen LogP contribution in [0.2, 0.25) is 0 Å². The molecule has 0 saturated heterocycles. The Hall–Kier alpha value is -1.20. The fourth-order valence-corrected chi connectivity index (χ4v) is 0.975. The number of benzene rings is 1. The zero-order valence-electron chi connectivity index (χ0n) is 7.94. The SMILES string of the molecule is CC(=O)C(O)(Br)OC(=O)c1ccccc1. The van der Waals surface area contributed by atoms with Gasteiger partial charge in [0.2, 0.25) is 5.78 Å². The van der Waals surface area contributed by atoms with Crippen LogP contribution in [0.4, 0.5) is 0 Å². The van der Waals surface area contributed by atoms with Crippen LogP contribution in [0.15, 0.2) is 30.3 Å². The van der Waals surface area contributed by atoms with E-state index >= 15 is 0 Å². The number of ether oxygens (including phenoxy) is 1. The van der Waals surface area contributed by atoms with Gasteiger partial charge in [-0.1, -0.05) is 18.2 Å². The van der Waals surface area contributed by atoms with Gasteiger partial charge in [-0.25, -0.2) is 4.79 Å². The molecule has 0 saturated carbocycles. The van der Waals surface area contributed by atoms with Crippen molar-refractivity contribution in [2.24, 2.45) is 0 Å². The number of carbonyl (C=O) groups is 2. The van der Waals surface area contributed by atoms with Gasteiger partial charge in [-0.05, 0) is 12.1 Å². The molecule has 15 heavy (non-hydrogen) atoms.